The second-order valence-corrected chi connectivity index (χ2v) is 7.54. The highest BCUT2D eigenvalue weighted by Gasteiger charge is 2.20. The summed E-state index contributed by atoms with van der Waals surface area (Å²) in [6.07, 6.45) is 1.97. The Hall–Kier alpha value is -2.70. The molecule has 0 saturated carbocycles. The monoisotopic (exact) mass is 396 g/mol. The van der Waals surface area contributed by atoms with E-state index >= 15 is 0 Å². The van der Waals surface area contributed by atoms with E-state index in [-0.39, 0.29) is 13.2 Å². The van der Waals surface area contributed by atoms with Crippen molar-refractivity contribution in [2.45, 2.75) is 32.1 Å². The number of benzene rings is 2. The van der Waals surface area contributed by atoms with Crippen molar-refractivity contribution < 1.29 is 14.6 Å². The van der Waals surface area contributed by atoms with E-state index < -0.39 is 12.2 Å². The molecule has 1 amide bonds. The van der Waals surface area contributed by atoms with Crippen LogP contribution < -0.4 is 0 Å². The van der Waals surface area contributed by atoms with Crippen LogP contribution in [0.5, 0.6) is 0 Å². The average Bonchev–Trinajstić information content (AvgIpc) is 3.25. The molecule has 1 heterocycles. The van der Waals surface area contributed by atoms with Crippen LogP contribution in [0.25, 0.3) is 0 Å². The number of ether oxygens (including phenoxy) is 1. The Morgan fingerprint density at radius 2 is 1.75 bits per heavy atom. The standard InChI is InChI=1S/C22H24N2O3S/c25-20(12-11-18-7-3-1-4-8-18)15-24(14-19-9-5-2-6-10-19)22(26)27-16-21-13-23-17-28-21/h1-10,13,17,20,25H,11-12,14-16H2. The Morgan fingerprint density at radius 1 is 1.07 bits per heavy atom. The fourth-order valence-electron chi connectivity index (χ4n) is 2.87. The summed E-state index contributed by atoms with van der Waals surface area (Å²) in [6, 6.07) is 19.7. The van der Waals surface area contributed by atoms with Crippen molar-refractivity contribution in [3.05, 3.63) is 88.4 Å². The smallest absolute Gasteiger partial charge is 0.410 e. The van der Waals surface area contributed by atoms with E-state index in [0.717, 1.165) is 16.9 Å². The molecule has 1 atom stereocenters. The minimum Gasteiger partial charge on any atom is -0.444 e. The predicted molar refractivity (Wildman–Crippen MR) is 110 cm³/mol. The first kappa shape index (κ1) is 20.0. The Bertz CT molecular complexity index is 826. The van der Waals surface area contributed by atoms with Gasteiger partial charge in [-0.15, -0.1) is 11.3 Å². The molecule has 1 N–H and O–H groups in total. The molecule has 2 aromatic carbocycles. The molecule has 0 bridgehead atoms. The molecule has 3 aromatic rings. The van der Waals surface area contributed by atoms with Crippen LogP contribution in [0, 0.1) is 0 Å². The lowest BCUT2D eigenvalue weighted by Crippen LogP contribution is -2.37. The maximum atomic E-state index is 12.6. The zero-order valence-corrected chi connectivity index (χ0v) is 16.4. The Morgan fingerprint density at radius 3 is 2.39 bits per heavy atom. The largest absolute Gasteiger partial charge is 0.444 e. The van der Waals surface area contributed by atoms with E-state index in [2.05, 4.69) is 4.98 Å². The molecular formula is C22H24N2O3S. The van der Waals surface area contributed by atoms with E-state index in [9.17, 15) is 9.90 Å². The number of aryl methyl sites for hydroxylation is 1. The van der Waals surface area contributed by atoms with Gasteiger partial charge in [-0.05, 0) is 24.0 Å². The molecule has 3 rings (SSSR count). The highest BCUT2D eigenvalue weighted by Crippen LogP contribution is 2.13. The molecule has 28 heavy (non-hydrogen) atoms. The molecule has 5 nitrogen and oxygen atoms in total. The number of carbonyl (C=O) groups excluding carboxylic acids is 1. The van der Waals surface area contributed by atoms with Gasteiger partial charge >= 0.3 is 6.09 Å². The van der Waals surface area contributed by atoms with E-state index in [1.165, 1.54) is 16.9 Å². The Balaban J connectivity index is 1.58. The van der Waals surface area contributed by atoms with Crippen LogP contribution in [-0.2, 0) is 24.3 Å². The van der Waals surface area contributed by atoms with Crippen LogP contribution in [0.4, 0.5) is 4.79 Å². The number of carbonyl (C=O) groups is 1. The van der Waals surface area contributed by atoms with E-state index in [0.29, 0.717) is 13.0 Å². The number of amides is 1. The molecule has 1 unspecified atom stereocenters. The summed E-state index contributed by atoms with van der Waals surface area (Å²) in [4.78, 5) is 19.1. The third kappa shape index (κ3) is 6.48. The van der Waals surface area contributed by atoms with Crippen molar-refractivity contribution in [2.75, 3.05) is 6.54 Å². The summed E-state index contributed by atoms with van der Waals surface area (Å²) in [5, 5.41) is 10.5. The van der Waals surface area contributed by atoms with Crippen molar-refractivity contribution in [1.29, 1.82) is 0 Å². The number of aliphatic hydroxyl groups is 1. The van der Waals surface area contributed by atoms with Gasteiger partial charge < -0.3 is 14.7 Å². The number of thiazole rings is 1. The zero-order valence-electron chi connectivity index (χ0n) is 15.6. The molecule has 0 aliphatic heterocycles. The third-order valence-electron chi connectivity index (χ3n) is 4.34. The number of nitrogens with zero attached hydrogens (tertiary/aromatic N) is 2. The normalized spacial score (nSPS) is 11.8. The molecule has 1 aromatic heterocycles. The van der Waals surface area contributed by atoms with E-state index in [4.69, 9.17) is 4.74 Å². The van der Waals surface area contributed by atoms with Gasteiger partial charge in [0, 0.05) is 12.7 Å². The van der Waals surface area contributed by atoms with Crippen molar-refractivity contribution >= 4 is 17.4 Å². The van der Waals surface area contributed by atoms with Crippen LogP contribution in [-0.4, -0.2) is 33.7 Å². The number of aromatic nitrogens is 1. The molecular weight excluding hydrogens is 372 g/mol. The maximum Gasteiger partial charge on any atom is 0.410 e. The third-order valence-corrected chi connectivity index (χ3v) is 5.09. The van der Waals surface area contributed by atoms with Crippen LogP contribution in [0.3, 0.4) is 0 Å². The number of aliphatic hydroxyl groups excluding tert-OH is 1. The first-order chi connectivity index (χ1) is 13.7. The fraction of sp³-hybridized carbons (Fsp3) is 0.273. The second-order valence-electron chi connectivity index (χ2n) is 6.57. The zero-order chi connectivity index (χ0) is 19.6. The van der Waals surface area contributed by atoms with Gasteiger partial charge in [0.15, 0.2) is 0 Å². The van der Waals surface area contributed by atoms with Crippen molar-refractivity contribution in [3.63, 3.8) is 0 Å². The summed E-state index contributed by atoms with van der Waals surface area (Å²) < 4.78 is 5.43. The minimum absolute atomic E-state index is 0.189. The predicted octanol–water partition coefficient (Wildman–Crippen LogP) is 4.28. The van der Waals surface area contributed by atoms with E-state index in [1.54, 1.807) is 16.6 Å². The highest BCUT2D eigenvalue weighted by molar-refractivity contribution is 7.09. The van der Waals surface area contributed by atoms with Gasteiger partial charge in [-0.25, -0.2) is 4.79 Å². The fourth-order valence-corrected chi connectivity index (χ4v) is 3.37. The van der Waals surface area contributed by atoms with Crippen LogP contribution in [0.1, 0.15) is 22.4 Å². The first-order valence-corrected chi connectivity index (χ1v) is 10.1. The second kappa shape index (κ2) is 10.6. The van der Waals surface area contributed by atoms with Gasteiger partial charge in [-0.2, -0.15) is 0 Å². The van der Waals surface area contributed by atoms with Gasteiger partial charge in [0.25, 0.3) is 0 Å². The SMILES string of the molecule is O=C(OCc1cncs1)N(Cc1ccccc1)CC(O)CCc1ccccc1. The molecule has 0 fully saturated rings. The first-order valence-electron chi connectivity index (χ1n) is 9.25. The molecule has 146 valence electrons. The van der Waals surface area contributed by atoms with Crippen LogP contribution in [0.2, 0.25) is 0 Å². The van der Waals surface area contributed by atoms with Crippen LogP contribution in [0.15, 0.2) is 72.4 Å². The van der Waals surface area contributed by atoms with Gasteiger partial charge in [0.05, 0.1) is 23.0 Å². The summed E-state index contributed by atoms with van der Waals surface area (Å²) in [7, 11) is 0. The molecule has 0 saturated heterocycles. The van der Waals surface area contributed by atoms with Crippen LogP contribution >= 0.6 is 11.3 Å². The lowest BCUT2D eigenvalue weighted by Gasteiger charge is -2.25. The highest BCUT2D eigenvalue weighted by atomic mass is 32.1. The summed E-state index contributed by atoms with van der Waals surface area (Å²) in [5.74, 6) is 0. The maximum absolute atomic E-state index is 12.6. The number of rotatable bonds is 9. The van der Waals surface area contributed by atoms with Crippen molar-refractivity contribution in [3.8, 4) is 0 Å². The van der Waals surface area contributed by atoms with Gasteiger partial charge in [-0.3, -0.25) is 4.98 Å². The Kier molecular flexibility index (Phi) is 7.58. The van der Waals surface area contributed by atoms with Gasteiger partial charge in [0.1, 0.15) is 6.61 Å². The average molecular weight is 397 g/mol. The van der Waals surface area contributed by atoms with Crippen molar-refractivity contribution in [1.82, 2.24) is 9.88 Å². The Labute approximate surface area is 169 Å². The molecule has 6 heteroatoms. The lowest BCUT2D eigenvalue weighted by molar-refractivity contribution is 0.0639. The summed E-state index contributed by atoms with van der Waals surface area (Å²) >= 11 is 1.44. The number of hydrogen-bond acceptors (Lipinski definition) is 5. The van der Waals surface area contributed by atoms with Crippen molar-refractivity contribution in [2.24, 2.45) is 0 Å². The minimum atomic E-state index is -0.625. The lowest BCUT2D eigenvalue weighted by atomic mass is 10.1. The van der Waals surface area contributed by atoms with E-state index in [1.807, 2.05) is 60.7 Å². The molecule has 0 radical (unpaired) electrons. The molecule has 0 aliphatic carbocycles. The summed E-state index contributed by atoms with van der Waals surface area (Å²) in [6.45, 7) is 0.808. The number of hydrogen-bond donors (Lipinski definition) is 1. The van der Waals surface area contributed by atoms with Gasteiger partial charge in [-0.1, -0.05) is 60.7 Å². The molecule has 0 aliphatic rings. The summed E-state index contributed by atoms with van der Waals surface area (Å²) in [5.41, 5.74) is 3.87. The molecule has 0 spiro atoms. The van der Waals surface area contributed by atoms with Gasteiger partial charge in [0.2, 0.25) is 0 Å². The topological polar surface area (TPSA) is 62.7 Å². The quantitative estimate of drug-likeness (QED) is 0.587.